The average molecular weight is 308 g/mol. The topological polar surface area (TPSA) is 54.2 Å². The lowest BCUT2D eigenvalue weighted by atomic mass is 10.2. The lowest BCUT2D eigenvalue weighted by Crippen LogP contribution is -2.18. The van der Waals surface area contributed by atoms with Gasteiger partial charge < -0.3 is 10.0 Å². The van der Waals surface area contributed by atoms with Gasteiger partial charge >= 0.3 is 0 Å². The number of aliphatic hydroxyl groups excluding tert-OH is 1. The number of aromatic nitrogens is 3. The van der Waals surface area contributed by atoms with Gasteiger partial charge in [0.15, 0.2) is 0 Å². The molecule has 0 aliphatic carbocycles. The summed E-state index contributed by atoms with van der Waals surface area (Å²) in [6.07, 6.45) is 3.13. The Balaban J connectivity index is 1.79. The van der Waals surface area contributed by atoms with Crippen LogP contribution in [0.5, 0.6) is 0 Å². The molecule has 0 aliphatic rings. The minimum absolute atomic E-state index is 0.563. The average Bonchev–Trinajstić information content (AvgIpc) is 3.10. The minimum Gasteiger partial charge on any atom is -0.387 e. The highest BCUT2D eigenvalue weighted by molar-refractivity contribution is 5.42. The summed E-state index contributed by atoms with van der Waals surface area (Å²) in [5, 5.41) is 13.9. The smallest absolute Gasteiger partial charge is 0.128 e. The third kappa shape index (κ3) is 3.57. The molecule has 1 N–H and O–H groups in total. The first-order chi connectivity index (χ1) is 11.1. The van der Waals surface area contributed by atoms with Crippen LogP contribution in [-0.2, 0) is 6.54 Å². The second-order valence-corrected chi connectivity index (χ2v) is 5.57. The third-order valence-corrected chi connectivity index (χ3v) is 3.67. The summed E-state index contributed by atoms with van der Waals surface area (Å²) in [6, 6.07) is 15.9. The van der Waals surface area contributed by atoms with Crippen LogP contribution in [0, 0.1) is 0 Å². The molecule has 2 heterocycles. The van der Waals surface area contributed by atoms with Crippen molar-refractivity contribution in [2.75, 3.05) is 11.9 Å². The highest BCUT2D eigenvalue weighted by Crippen LogP contribution is 2.18. The largest absolute Gasteiger partial charge is 0.387 e. The van der Waals surface area contributed by atoms with Gasteiger partial charge in [0.25, 0.3) is 0 Å². The number of hydrogen-bond donors (Lipinski definition) is 1. The molecule has 2 aromatic heterocycles. The van der Waals surface area contributed by atoms with E-state index < -0.39 is 6.10 Å². The number of anilines is 1. The van der Waals surface area contributed by atoms with Gasteiger partial charge in [-0.15, -0.1) is 0 Å². The molecule has 5 nitrogen and oxygen atoms in total. The molecule has 0 spiro atoms. The monoisotopic (exact) mass is 308 g/mol. The van der Waals surface area contributed by atoms with E-state index in [1.165, 1.54) is 5.56 Å². The fraction of sp³-hybridized carbons (Fsp3) is 0.222. The Morgan fingerprint density at radius 3 is 2.74 bits per heavy atom. The zero-order valence-electron chi connectivity index (χ0n) is 13.3. The molecule has 0 aliphatic heterocycles. The van der Waals surface area contributed by atoms with Crippen LogP contribution in [0.1, 0.15) is 24.3 Å². The lowest BCUT2D eigenvalue weighted by molar-refractivity contribution is 0.194. The number of aliphatic hydroxyl groups is 1. The van der Waals surface area contributed by atoms with Gasteiger partial charge in [-0.2, -0.15) is 5.10 Å². The number of hydrogen-bond acceptors (Lipinski definition) is 4. The molecule has 0 unspecified atom stereocenters. The molecule has 5 heteroatoms. The summed E-state index contributed by atoms with van der Waals surface area (Å²) in [6.45, 7) is 2.45. The van der Waals surface area contributed by atoms with E-state index in [1.54, 1.807) is 13.1 Å². The van der Waals surface area contributed by atoms with Crippen LogP contribution in [0.4, 0.5) is 5.82 Å². The van der Waals surface area contributed by atoms with Crippen molar-refractivity contribution < 1.29 is 5.11 Å². The van der Waals surface area contributed by atoms with Crippen LogP contribution in [0.2, 0.25) is 0 Å². The van der Waals surface area contributed by atoms with Crippen LogP contribution in [0.25, 0.3) is 5.69 Å². The van der Waals surface area contributed by atoms with Crippen molar-refractivity contribution in [3.05, 3.63) is 72.2 Å². The lowest BCUT2D eigenvalue weighted by Gasteiger charge is -2.19. The van der Waals surface area contributed by atoms with Gasteiger partial charge in [0.05, 0.1) is 17.5 Å². The SMILES string of the molecule is C[C@@H](O)c1cccc(N(C)Cc2cccc(-n3cccn3)c2)n1. The van der Waals surface area contributed by atoms with Crippen LogP contribution < -0.4 is 4.90 Å². The third-order valence-electron chi connectivity index (χ3n) is 3.67. The number of pyridine rings is 1. The molecule has 1 aromatic carbocycles. The van der Waals surface area contributed by atoms with E-state index in [1.807, 2.05) is 54.3 Å². The second-order valence-electron chi connectivity index (χ2n) is 5.57. The molecule has 3 rings (SSSR count). The maximum absolute atomic E-state index is 9.67. The molecule has 0 saturated carbocycles. The Kier molecular flexibility index (Phi) is 4.39. The predicted octanol–water partition coefficient (Wildman–Crippen LogP) is 2.96. The Hall–Kier alpha value is -2.66. The van der Waals surface area contributed by atoms with Crippen molar-refractivity contribution >= 4 is 5.82 Å². The van der Waals surface area contributed by atoms with E-state index in [9.17, 15) is 5.11 Å². The van der Waals surface area contributed by atoms with E-state index in [2.05, 4.69) is 27.1 Å². The summed E-state index contributed by atoms with van der Waals surface area (Å²) in [7, 11) is 1.99. The quantitative estimate of drug-likeness (QED) is 0.787. The van der Waals surface area contributed by atoms with E-state index in [-0.39, 0.29) is 0 Å². The van der Waals surface area contributed by atoms with Crippen molar-refractivity contribution in [3.8, 4) is 5.69 Å². The molecule has 0 saturated heterocycles. The maximum atomic E-state index is 9.67. The molecule has 3 aromatic rings. The molecule has 23 heavy (non-hydrogen) atoms. The van der Waals surface area contributed by atoms with Gasteiger partial charge in [-0.3, -0.25) is 0 Å². The fourth-order valence-corrected chi connectivity index (χ4v) is 2.46. The summed E-state index contributed by atoms with van der Waals surface area (Å²) in [4.78, 5) is 6.56. The van der Waals surface area contributed by atoms with Gasteiger partial charge in [0.2, 0.25) is 0 Å². The normalized spacial score (nSPS) is 12.1. The molecule has 0 amide bonds. The van der Waals surface area contributed by atoms with Crippen LogP contribution >= 0.6 is 0 Å². The fourth-order valence-electron chi connectivity index (χ4n) is 2.46. The second kappa shape index (κ2) is 6.62. The van der Waals surface area contributed by atoms with Crippen molar-refractivity contribution in [3.63, 3.8) is 0 Å². The first-order valence-electron chi connectivity index (χ1n) is 7.58. The van der Waals surface area contributed by atoms with Gasteiger partial charge in [-0.05, 0) is 42.8 Å². The molecule has 0 radical (unpaired) electrons. The van der Waals surface area contributed by atoms with E-state index >= 15 is 0 Å². The first kappa shape index (κ1) is 15.2. The molecule has 0 fully saturated rings. The maximum Gasteiger partial charge on any atom is 0.128 e. The van der Waals surface area contributed by atoms with Crippen molar-refractivity contribution in [1.29, 1.82) is 0 Å². The van der Waals surface area contributed by atoms with Crippen molar-refractivity contribution in [2.45, 2.75) is 19.6 Å². The molecule has 118 valence electrons. The summed E-state index contributed by atoms with van der Waals surface area (Å²) < 4.78 is 1.84. The zero-order chi connectivity index (χ0) is 16.2. The number of benzene rings is 1. The van der Waals surface area contributed by atoms with Gasteiger partial charge in [0.1, 0.15) is 5.82 Å². The van der Waals surface area contributed by atoms with Crippen molar-refractivity contribution in [2.24, 2.45) is 0 Å². The molecular weight excluding hydrogens is 288 g/mol. The molecular formula is C18H20N4O. The highest BCUT2D eigenvalue weighted by Gasteiger charge is 2.08. The Labute approximate surface area is 135 Å². The van der Waals surface area contributed by atoms with Crippen LogP contribution in [-0.4, -0.2) is 26.9 Å². The Morgan fingerprint density at radius 1 is 1.17 bits per heavy atom. The van der Waals surface area contributed by atoms with Gasteiger partial charge in [-0.25, -0.2) is 9.67 Å². The first-order valence-corrected chi connectivity index (χ1v) is 7.58. The zero-order valence-corrected chi connectivity index (χ0v) is 13.3. The Bertz CT molecular complexity index is 768. The number of nitrogens with zero attached hydrogens (tertiary/aromatic N) is 4. The number of rotatable bonds is 5. The van der Waals surface area contributed by atoms with E-state index in [0.29, 0.717) is 5.69 Å². The Morgan fingerprint density at radius 2 is 2.00 bits per heavy atom. The highest BCUT2D eigenvalue weighted by atomic mass is 16.3. The summed E-state index contributed by atoms with van der Waals surface area (Å²) >= 11 is 0. The summed E-state index contributed by atoms with van der Waals surface area (Å²) in [5.41, 5.74) is 2.89. The standard InChI is InChI=1S/C18H20N4O/c1-14(23)17-8-4-9-18(20-17)21(2)13-15-6-3-7-16(12-15)22-11-5-10-19-22/h3-12,14,23H,13H2,1-2H3/t14-/m1/s1. The van der Waals surface area contributed by atoms with Gasteiger partial charge in [0, 0.05) is 26.0 Å². The van der Waals surface area contributed by atoms with Gasteiger partial charge in [-0.1, -0.05) is 18.2 Å². The van der Waals surface area contributed by atoms with Crippen molar-refractivity contribution in [1.82, 2.24) is 14.8 Å². The predicted molar refractivity (Wildman–Crippen MR) is 90.5 cm³/mol. The minimum atomic E-state index is -0.563. The van der Waals surface area contributed by atoms with Crippen LogP contribution in [0.15, 0.2) is 60.9 Å². The van der Waals surface area contributed by atoms with E-state index in [4.69, 9.17) is 0 Å². The molecule has 0 bridgehead atoms. The molecule has 1 atom stereocenters. The summed E-state index contributed by atoms with van der Waals surface area (Å²) in [5.74, 6) is 0.841. The van der Waals surface area contributed by atoms with Crippen LogP contribution in [0.3, 0.4) is 0 Å². The van der Waals surface area contributed by atoms with E-state index in [0.717, 1.165) is 18.1 Å².